The summed E-state index contributed by atoms with van der Waals surface area (Å²) in [6.07, 6.45) is 1.89. The molecule has 0 heterocycles. The van der Waals surface area contributed by atoms with E-state index in [1.807, 2.05) is 13.2 Å². The van der Waals surface area contributed by atoms with E-state index in [1.54, 1.807) is 11.8 Å². The van der Waals surface area contributed by atoms with Crippen molar-refractivity contribution in [2.24, 2.45) is 0 Å². The highest BCUT2D eigenvalue weighted by Crippen LogP contribution is 2.16. The summed E-state index contributed by atoms with van der Waals surface area (Å²) >= 11 is 1.55. The van der Waals surface area contributed by atoms with E-state index in [-0.39, 0.29) is 15.8 Å². The van der Waals surface area contributed by atoms with E-state index in [4.69, 9.17) is 5.73 Å². The van der Waals surface area contributed by atoms with Gasteiger partial charge in [-0.2, -0.15) is 11.8 Å². The first-order valence-corrected chi connectivity index (χ1v) is 7.71. The summed E-state index contributed by atoms with van der Waals surface area (Å²) in [6, 6.07) is 3.44. The molecule has 0 radical (unpaired) electrons. The van der Waals surface area contributed by atoms with Gasteiger partial charge in [0.05, 0.1) is 10.6 Å². The largest absolute Gasteiger partial charge is 0.396 e. The Hall–Kier alpha value is -0.790. The van der Waals surface area contributed by atoms with Crippen molar-refractivity contribution in [3.05, 3.63) is 24.0 Å². The molecule has 1 aromatic rings. The zero-order valence-corrected chi connectivity index (χ0v) is 11.2. The number of rotatable bonds is 5. The summed E-state index contributed by atoms with van der Waals surface area (Å²) in [4.78, 5) is -0.113. The van der Waals surface area contributed by atoms with Crippen LogP contribution in [0.4, 0.5) is 10.1 Å². The van der Waals surface area contributed by atoms with Crippen LogP contribution in [0.5, 0.6) is 0 Å². The van der Waals surface area contributed by atoms with E-state index < -0.39 is 15.8 Å². The van der Waals surface area contributed by atoms with Gasteiger partial charge < -0.3 is 5.73 Å². The van der Waals surface area contributed by atoms with Crippen LogP contribution in [0.3, 0.4) is 0 Å². The number of sulfonamides is 1. The lowest BCUT2D eigenvalue weighted by atomic mass is 10.3. The molecule has 0 aliphatic rings. The number of thioether (sulfide) groups is 1. The second kappa shape index (κ2) is 5.70. The number of hydrogen-bond acceptors (Lipinski definition) is 4. The van der Waals surface area contributed by atoms with Gasteiger partial charge in [0.1, 0.15) is 5.82 Å². The maximum atomic E-state index is 13.2. The molecule has 1 unspecified atom stereocenters. The smallest absolute Gasteiger partial charge is 0.240 e. The zero-order valence-electron chi connectivity index (χ0n) is 9.60. The predicted molar refractivity (Wildman–Crippen MR) is 69.0 cm³/mol. The fourth-order valence-corrected chi connectivity index (χ4v) is 2.57. The minimum atomic E-state index is -3.66. The molecule has 7 heteroatoms. The lowest BCUT2D eigenvalue weighted by Gasteiger charge is -2.10. The average molecular weight is 278 g/mol. The summed E-state index contributed by atoms with van der Waals surface area (Å²) in [7, 11) is -3.66. The van der Waals surface area contributed by atoms with Gasteiger partial charge in [0.15, 0.2) is 0 Å². The van der Waals surface area contributed by atoms with E-state index in [0.717, 1.165) is 6.07 Å². The number of hydrogen-bond donors (Lipinski definition) is 2. The topological polar surface area (TPSA) is 72.2 Å². The maximum Gasteiger partial charge on any atom is 0.240 e. The van der Waals surface area contributed by atoms with E-state index >= 15 is 0 Å². The van der Waals surface area contributed by atoms with Crippen LogP contribution in [0.1, 0.15) is 6.92 Å². The van der Waals surface area contributed by atoms with Crippen molar-refractivity contribution in [3.63, 3.8) is 0 Å². The van der Waals surface area contributed by atoms with Crippen molar-refractivity contribution < 1.29 is 12.8 Å². The molecule has 4 nitrogen and oxygen atoms in total. The minimum Gasteiger partial charge on any atom is -0.396 e. The number of benzene rings is 1. The van der Waals surface area contributed by atoms with Gasteiger partial charge in [0, 0.05) is 11.8 Å². The molecule has 0 saturated carbocycles. The van der Waals surface area contributed by atoms with E-state index in [2.05, 4.69) is 4.72 Å². The third kappa shape index (κ3) is 3.86. The van der Waals surface area contributed by atoms with Crippen LogP contribution >= 0.6 is 11.8 Å². The SMILES string of the molecule is CSC(C)CNS(=O)(=O)c1ccc(N)c(F)c1. The second-order valence-corrected chi connectivity index (χ2v) is 6.62. The van der Waals surface area contributed by atoms with Crippen molar-refractivity contribution in [2.45, 2.75) is 17.1 Å². The van der Waals surface area contributed by atoms with Crippen LogP contribution in [0.15, 0.2) is 23.1 Å². The normalized spacial score (nSPS) is 13.6. The van der Waals surface area contributed by atoms with Gasteiger partial charge in [0.25, 0.3) is 0 Å². The molecule has 0 bridgehead atoms. The van der Waals surface area contributed by atoms with Crippen molar-refractivity contribution in [1.82, 2.24) is 4.72 Å². The summed E-state index contributed by atoms with van der Waals surface area (Å²) in [5, 5.41) is 0.156. The molecule has 0 fully saturated rings. The first-order valence-electron chi connectivity index (χ1n) is 4.94. The van der Waals surface area contributed by atoms with Gasteiger partial charge in [-0.05, 0) is 24.5 Å². The Balaban J connectivity index is 2.86. The summed E-state index contributed by atoms with van der Waals surface area (Å²) in [5.74, 6) is -0.731. The number of halogens is 1. The molecular weight excluding hydrogens is 263 g/mol. The summed E-state index contributed by atoms with van der Waals surface area (Å²) in [5.41, 5.74) is 5.21. The van der Waals surface area contributed by atoms with Crippen LogP contribution in [0.2, 0.25) is 0 Å². The summed E-state index contributed by atoms with van der Waals surface area (Å²) in [6.45, 7) is 2.20. The Labute approximate surface area is 105 Å². The number of nitrogen functional groups attached to an aromatic ring is 1. The molecule has 17 heavy (non-hydrogen) atoms. The number of anilines is 1. The van der Waals surface area contributed by atoms with Gasteiger partial charge >= 0.3 is 0 Å². The van der Waals surface area contributed by atoms with E-state index in [0.29, 0.717) is 6.54 Å². The number of nitrogens with one attached hydrogen (secondary N) is 1. The van der Waals surface area contributed by atoms with E-state index in [9.17, 15) is 12.8 Å². The molecule has 0 aromatic heterocycles. The highest BCUT2D eigenvalue weighted by molar-refractivity contribution is 7.99. The third-order valence-electron chi connectivity index (χ3n) is 2.25. The molecular formula is C10H15FN2O2S2. The van der Waals surface area contributed by atoms with Gasteiger partial charge in [0.2, 0.25) is 10.0 Å². The first-order chi connectivity index (χ1) is 7.86. The van der Waals surface area contributed by atoms with Crippen LogP contribution < -0.4 is 10.5 Å². The van der Waals surface area contributed by atoms with Crippen LogP contribution in [0, 0.1) is 5.82 Å². The summed E-state index contributed by atoms with van der Waals surface area (Å²) < 4.78 is 39.1. The van der Waals surface area contributed by atoms with Crippen molar-refractivity contribution >= 4 is 27.5 Å². The van der Waals surface area contributed by atoms with Crippen LogP contribution in [-0.4, -0.2) is 26.5 Å². The Bertz CT molecular complexity index is 491. The Morgan fingerprint density at radius 1 is 1.53 bits per heavy atom. The zero-order chi connectivity index (χ0) is 13.1. The molecule has 1 aromatic carbocycles. The standard InChI is InChI=1S/C10H15FN2O2S2/c1-7(16-2)6-13-17(14,15)8-3-4-10(12)9(11)5-8/h3-5,7,13H,6,12H2,1-2H3. The highest BCUT2D eigenvalue weighted by atomic mass is 32.2. The van der Waals surface area contributed by atoms with Crippen molar-refractivity contribution in [3.8, 4) is 0 Å². The molecule has 3 N–H and O–H groups in total. The van der Waals surface area contributed by atoms with Gasteiger partial charge in [-0.3, -0.25) is 0 Å². The van der Waals surface area contributed by atoms with Crippen molar-refractivity contribution in [1.29, 1.82) is 0 Å². The molecule has 1 atom stereocenters. The lowest BCUT2D eigenvalue weighted by Crippen LogP contribution is -2.29. The molecule has 0 amide bonds. The lowest BCUT2D eigenvalue weighted by molar-refractivity contribution is 0.578. The average Bonchev–Trinajstić information content (AvgIpc) is 2.29. The van der Waals surface area contributed by atoms with E-state index in [1.165, 1.54) is 12.1 Å². The molecule has 0 saturated heterocycles. The minimum absolute atomic E-state index is 0.0681. The maximum absolute atomic E-state index is 13.2. The highest BCUT2D eigenvalue weighted by Gasteiger charge is 2.16. The number of nitrogens with two attached hydrogens (primary N) is 1. The van der Waals surface area contributed by atoms with Gasteiger partial charge in [-0.1, -0.05) is 6.92 Å². The molecule has 96 valence electrons. The molecule has 0 aliphatic carbocycles. The van der Waals surface area contributed by atoms with Crippen molar-refractivity contribution in [2.75, 3.05) is 18.5 Å². The molecule has 0 spiro atoms. The Morgan fingerprint density at radius 3 is 2.71 bits per heavy atom. The Kier molecular flexibility index (Phi) is 4.79. The van der Waals surface area contributed by atoms with Crippen LogP contribution in [0.25, 0.3) is 0 Å². The predicted octanol–water partition coefficient (Wildman–Crippen LogP) is 1.44. The molecule has 1 rings (SSSR count). The second-order valence-electron chi connectivity index (χ2n) is 3.58. The van der Waals surface area contributed by atoms with Gasteiger partial charge in [-0.25, -0.2) is 17.5 Å². The Morgan fingerprint density at radius 2 is 2.18 bits per heavy atom. The third-order valence-corrected chi connectivity index (χ3v) is 4.64. The fourth-order valence-electron chi connectivity index (χ4n) is 1.07. The van der Waals surface area contributed by atoms with Gasteiger partial charge in [-0.15, -0.1) is 0 Å². The van der Waals surface area contributed by atoms with Crippen LogP contribution in [-0.2, 0) is 10.0 Å². The quantitative estimate of drug-likeness (QED) is 0.799. The first kappa shape index (κ1) is 14.3. The monoisotopic (exact) mass is 278 g/mol. The fraction of sp³-hybridized carbons (Fsp3) is 0.400. The molecule has 0 aliphatic heterocycles.